The Kier molecular flexibility index (Phi) is 6.93. The Morgan fingerprint density at radius 2 is 2.18 bits per heavy atom. The van der Waals surface area contributed by atoms with Crippen molar-refractivity contribution in [2.24, 2.45) is 0 Å². The normalized spacial score (nSPS) is 10.5. The van der Waals surface area contributed by atoms with E-state index in [2.05, 4.69) is 5.32 Å². The first kappa shape index (κ1) is 14.2. The SMILES string of the molecule is COc1ccc(CNCCOCCCl)c(F)c1. The predicted molar refractivity (Wildman–Crippen MR) is 66.2 cm³/mol. The molecule has 0 aliphatic carbocycles. The zero-order chi connectivity index (χ0) is 12.5. The summed E-state index contributed by atoms with van der Waals surface area (Å²) in [5.74, 6) is 0.753. The van der Waals surface area contributed by atoms with Crippen LogP contribution in [-0.2, 0) is 11.3 Å². The van der Waals surface area contributed by atoms with E-state index in [-0.39, 0.29) is 5.82 Å². The van der Waals surface area contributed by atoms with E-state index in [0.29, 0.717) is 43.5 Å². The Hall–Kier alpha value is -0.840. The molecule has 0 aromatic heterocycles. The lowest BCUT2D eigenvalue weighted by Crippen LogP contribution is -2.20. The van der Waals surface area contributed by atoms with E-state index in [1.807, 2.05) is 0 Å². The number of benzene rings is 1. The summed E-state index contributed by atoms with van der Waals surface area (Å²) in [6, 6.07) is 4.83. The number of methoxy groups -OCH3 is 1. The molecule has 5 heteroatoms. The van der Waals surface area contributed by atoms with Crippen LogP contribution in [0.25, 0.3) is 0 Å². The summed E-state index contributed by atoms with van der Waals surface area (Å²) >= 11 is 5.45. The number of hydrogen-bond donors (Lipinski definition) is 1. The lowest BCUT2D eigenvalue weighted by molar-refractivity contribution is 0.150. The number of halogens is 2. The molecule has 0 radical (unpaired) electrons. The van der Waals surface area contributed by atoms with Crippen LogP contribution in [0, 0.1) is 5.82 Å². The van der Waals surface area contributed by atoms with E-state index in [1.54, 1.807) is 12.1 Å². The summed E-state index contributed by atoms with van der Waals surface area (Å²) in [6.45, 7) is 2.26. The van der Waals surface area contributed by atoms with Crippen LogP contribution < -0.4 is 10.1 Å². The number of hydrogen-bond acceptors (Lipinski definition) is 3. The summed E-state index contributed by atoms with van der Waals surface area (Å²) in [4.78, 5) is 0. The van der Waals surface area contributed by atoms with Crippen molar-refractivity contribution in [1.29, 1.82) is 0 Å². The van der Waals surface area contributed by atoms with Gasteiger partial charge in [0.1, 0.15) is 11.6 Å². The van der Waals surface area contributed by atoms with Crippen LogP contribution in [0.5, 0.6) is 5.75 Å². The molecule has 1 aromatic rings. The smallest absolute Gasteiger partial charge is 0.131 e. The van der Waals surface area contributed by atoms with Gasteiger partial charge in [-0.1, -0.05) is 6.07 Å². The fourth-order valence-corrected chi connectivity index (χ4v) is 1.43. The Labute approximate surface area is 106 Å². The molecule has 0 saturated carbocycles. The highest BCUT2D eigenvalue weighted by molar-refractivity contribution is 6.17. The average Bonchev–Trinajstić information content (AvgIpc) is 2.35. The molecule has 0 spiro atoms. The van der Waals surface area contributed by atoms with Crippen molar-refractivity contribution in [2.75, 3.05) is 32.7 Å². The molecular weight excluding hydrogens is 245 g/mol. The summed E-state index contributed by atoms with van der Waals surface area (Å²) in [6.07, 6.45) is 0. The monoisotopic (exact) mass is 261 g/mol. The molecule has 1 aromatic carbocycles. The van der Waals surface area contributed by atoms with Gasteiger partial charge in [0, 0.05) is 30.6 Å². The Morgan fingerprint density at radius 1 is 1.35 bits per heavy atom. The third kappa shape index (κ3) is 5.35. The summed E-state index contributed by atoms with van der Waals surface area (Å²) in [5, 5.41) is 3.09. The standard InChI is InChI=1S/C12H17ClFNO2/c1-16-11-3-2-10(12(14)8-11)9-15-5-7-17-6-4-13/h2-3,8,15H,4-7,9H2,1H3. The third-order valence-electron chi connectivity index (χ3n) is 2.22. The molecule has 0 aliphatic heterocycles. The van der Waals surface area contributed by atoms with Gasteiger partial charge < -0.3 is 14.8 Å². The Bertz CT molecular complexity index is 336. The minimum Gasteiger partial charge on any atom is -0.497 e. The van der Waals surface area contributed by atoms with Crippen LogP contribution >= 0.6 is 11.6 Å². The largest absolute Gasteiger partial charge is 0.497 e. The van der Waals surface area contributed by atoms with Crippen molar-refractivity contribution in [3.8, 4) is 5.75 Å². The minimum atomic E-state index is -0.265. The summed E-state index contributed by atoms with van der Waals surface area (Å²) < 4.78 is 23.6. The van der Waals surface area contributed by atoms with Crippen molar-refractivity contribution in [3.05, 3.63) is 29.6 Å². The zero-order valence-electron chi connectivity index (χ0n) is 9.84. The van der Waals surface area contributed by atoms with E-state index in [1.165, 1.54) is 13.2 Å². The van der Waals surface area contributed by atoms with Crippen molar-refractivity contribution in [1.82, 2.24) is 5.32 Å². The van der Waals surface area contributed by atoms with Gasteiger partial charge in [-0.3, -0.25) is 0 Å². The highest BCUT2D eigenvalue weighted by Gasteiger charge is 2.03. The predicted octanol–water partition coefficient (Wildman–Crippen LogP) is 2.18. The molecule has 0 atom stereocenters. The second kappa shape index (κ2) is 8.28. The zero-order valence-corrected chi connectivity index (χ0v) is 10.6. The van der Waals surface area contributed by atoms with Gasteiger partial charge in [-0.15, -0.1) is 11.6 Å². The molecule has 0 fully saturated rings. The van der Waals surface area contributed by atoms with Crippen LogP contribution in [0.2, 0.25) is 0 Å². The first-order chi connectivity index (χ1) is 8.27. The maximum absolute atomic E-state index is 13.5. The van der Waals surface area contributed by atoms with Crippen LogP contribution in [-0.4, -0.2) is 32.7 Å². The van der Waals surface area contributed by atoms with Gasteiger partial charge in [0.2, 0.25) is 0 Å². The third-order valence-corrected chi connectivity index (χ3v) is 2.37. The molecule has 0 heterocycles. The molecule has 0 unspecified atom stereocenters. The van der Waals surface area contributed by atoms with Crippen LogP contribution in [0.1, 0.15) is 5.56 Å². The Morgan fingerprint density at radius 3 is 2.82 bits per heavy atom. The molecule has 3 nitrogen and oxygen atoms in total. The van der Waals surface area contributed by atoms with Crippen molar-refractivity contribution < 1.29 is 13.9 Å². The molecule has 0 amide bonds. The number of rotatable bonds is 8. The molecule has 0 saturated heterocycles. The van der Waals surface area contributed by atoms with Gasteiger partial charge in [-0.2, -0.15) is 0 Å². The van der Waals surface area contributed by atoms with Gasteiger partial charge in [-0.25, -0.2) is 4.39 Å². The number of nitrogens with one attached hydrogen (secondary N) is 1. The first-order valence-electron chi connectivity index (χ1n) is 5.44. The quantitative estimate of drug-likeness (QED) is 0.575. The molecule has 96 valence electrons. The molecular formula is C12H17ClFNO2. The lowest BCUT2D eigenvalue weighted by atomic mass is 10.2. The molecule has 0 bridgehead atoms. The minimum absolute atomic E-state index is 0.265. The summed E-state index contributed by atoms with van der Waals surface area (Å²) in [7, 11) is 1.51. The maximum Gasteiger partial charge on any atom is 0.131 e. The van der Waals surface area contributed by atoms with Crippen LogP contribution in [0.15, 0.2) is 18.2 Å². The van der Waals surface area contributed by atoms with Crippen molar-refractivity contribution in [2.45, 2.75) is 6.54 Å². The van der Waals surface area contributed by atoms with E-state index in [0.717, 1.165) is 0 Å². The van der Waals surface area contributed by atoms with Crippen LogP contribution in [0.4, 0.5) is 4.39 Å². The number of ether oxygens (including phenoxy) is 2. The average molecular weight is 262 g/mol. The second-order valence-electron chi connectivity index (χ2n) is 3.44. The highest BCUT2D eigenvalue weighted by atomic mass is 35.5. The maximum atomic E-state index is 13.5. The fourth-order valence-electron chi connectivity index (χ4n) is 1.32. The highest BCUT2D eigenvalue weighted by Crippen LogP contribution is 2.15. The van der Waals surface area contributed by atoms with Crippen molar-refractivity contribution in [3.63, 3.8) is 0 Å². The van der Waals surface area contributed by atoms with Gasteiger partial charge in [0.05, 0.1) is 20.3 Å². The van der Waals surface area contributed by atoms with Crippen LogP contribution in [0.3, 0.4) is 0 Å². The van der Waals surface area contributed by atoms with E-state index in [9.17, 15) is 4.39 Å². The molecule has 1 N–H and O–H groups in total. The van der Waals surface area contributed by atoms with E-state index >= 15 is 0 Å². The molecule has 17 heavy (non-hydrogen) atoms. The van der Waals surface area contributed by atoms with Gasteiger partial charge in [0.15, 0.2) is 0 Å². The second-order valence-corrected chi connectivity index (χ2v) is 3.81. The van der Waals surface area contributed by atoms with E-state index in [4.69, 9.17) is 21.1 Å². The lowest BCUT2D eigenvalue weighted by Gasteiger charge is -2.07. The number of alkyl halides is 1. The topological polar surface area (TPSA) is 30.5 Å². The summed E-state index contributed by atoms with van der Waals surface area (Å²) in [5.41, 5.74) is 0.614. The Balaban J connectivity index is 2.27. The first-order valence-corrected chi connectivity index (χ1v) is 5.98. The fraction of sp³-hybridized carbons (Fsp3) is 0.500. The van der Waals surface area contributed by atoms with Gasteiger partial charge in [0.25, 0.3) is 0 Å². The van der Waals surface area contributed by atoms with E-state index < -0.39 is 0 Å². The molecule has 0 aliphatic rings. The molecule has 1 rings (SSSR count). The van der Waals surface area contributed by atoms with Crippen molar-refractivity contribution >= 4 is 11.6 Å². The van der Waals surface area contributed by atoms with Gasteiger partial charge >= 0.3 is 0 Å². The van der Waals surface area contributed by atoms with Gasteiger partial charge in [-0.05, 0) is 6.07 Å².